The smallest absolute Gasteiger partial charge is 0.269 e. The lowest BCUT2D eigenvalue weighted by Gasteiger charge is -2.24. The number of hydrazone groups is 1. The topological polar surface area (TPSA) is 58.7 Å². The normalized spacial score (nSPS) is 11.6. The van der Waals surface area contributed by atoms with Crippen molar-refractivity contribution in [1.29, 1.82) is 0 Å². The van der Waals surface area contributed by atoms with Crippen molar-refractivity contribution >= 4 is 11.4 Å². The Bertz CT molecular complexity index is 679. The third kappa shape index (κ3) is 4.64. The summed E-state index contributed by atoms with van der Waals surface area (Å²) < 4.78 is 0. The van der Waals surface area contributed by atoms with Crippen molar-refractivity contribution in [3.8, 4) is 0 Å². The number of nitrogens with zero attached hydrogens (tertiary/aromatic N) is 3. The molecule has 0 bridgehead atoms. The van der Waals surface area contributed by atoms with Crippen molar-refractivity contribution < 1.29 is 4.92 Å². The Morgan fingerprint density at radius 3 is 2.26 bits per heavy atom. The molecule has 0 N–H and O–H groups in total. The van der Waals surface area contributed by atoms with Gasteiger partial charge < -0.3 is 0 Å². The zero-order chi connectivity index (χ0) is 16.8. The predicted molar refractivity (Wildman–Crippen MR) is 92.4 cm³/mol. The van der Waals surface area contributed by atoms with Gasteiger partial charge in [0.1, 0.15) is 0 Å². The highest BCUT2D eigenvalue weighted by molar-refractivity contribution is 5.98. The van der Waals surface area contributed by atoms with E-state index in [4.69, 9.17) is 5.10 Å². The Balaban J connectivity index is 2.19. The van der Waals surface area contributed by atoms with Gasteiger partial charge in [0, 0.05) is 18.2 Å². The average molecular weight is 311 g/mol. The van der Waals surface area contributed by atoms with Crippen molar-refractivity contribution in [3.63, 3.8) is 0 Å². The van der Waals surface area contributed by atoms with Crippen LogP contribution in [-0.2, 0) is 6.54 Å². The van der Waals surface area contributed by atoms with E-state index in [1.807, 2.05) is 30.1 Å². The van der Waals surface area contributed by atoms with Crippen LogP contribution in [0.25, 0.3) is 0 Å². The molecule has 0 fully saturated rings. The third-order valence-corrected chi connectivity index (χ3v) is 3.56. The van der Waals surface area contributed by atoms with E-state index in [0.717, 1.165) is 17.8 Å². The molecule has 0 aliphatic carbocycles. The average Bonchev–Trinajstić information content (AvgIpc) is 2.55. The Labute approximate surface area is 136 Å². The number of non-ortho nitro benzene ring substituents is 1. The van der Waals surface area contributed by atoms with Crippen LogP contribution in [0.2, 0.25) is 0 Å². The molecule has 0 atom stereocenters. The number of rotatable bonds is 6. The number of hydrogen-bond donors (Lipinski definition) is 0. The van der Waals surface area contributed by atoms with Gasteiger partial charge >= 0.3 is 0 Å². The van der Waals surface area contributed by atoms with Gasteiger partial charge in [0.15, 0.2) is 0 Å². The van der Waals surface area contributed by atoms with Crippen molar-refractivity contribution in [2.45, 2.75) is 33.4 Å². The molecule has 0 amide bonds. The lowest BCUT2D eigenvalue weighted by molar-refractivity contribution is -0.384. The fourth-order valence-electron chi connectivity index (χ4n) is 2.18. The molecular formula is C18H21N3O2. The second kappa shape index (κ2) is 7.54. The van der Waals surface area contributed by atoms with Gasteiger partial charge in [0.25, 0.3) is 5.69 Å². The molecule has 0 saturated heterocycles. The molecule has 5 heteroatoms. The van der Waals surface area contributed by atoms with Crippen LogP contribution in [0.1, 0.15) is 31.9 Å². The van der Waals surface area contributed by atoms with Crippen LogP contribution in [0.4, 0.5) is 5.69 Å². The second-order valence-corrected chi connectivity index (χ2v) is 5.67. The SMILES string of the molecule is C/C(=N\N(Cc1ccccc1)C(C)C)c1ccc([N+](=O)[O-])cc1. The van der Waals surface area contributed by atoms with E-state index in [2.05, 4.69) is 26.0 Å². The summed E-state index contributed by atoms with van der Waals surface area (Å²) in [5.74, 6) is 0. The van der Waals surface area contributed by atoms with Crippen LogP contribution >= 0.6 is 0 Å². The summed E-state index contributed by atoms with van der Waals surface area (Å²) in [6.45, 7) is 6.83. The molecule has 0 aliphatic heterocycles. The van der Waals surface area contributed by atoms with Gasteiger partial charge in [-0.15, -0.1) is 0 Å². The van der Waals surface area contributed by atoms with E-state index in [9.17, 15) is 10.1 Å². The first-order chi connectivity index (χ1) is 11.0. The fraction of sp³-hybridized carbons (Fsp3) is 0.278. The van der Waals surface area contributed by atoms with E-state index >= 15 is 0 Å². The van der Waals surface area contributed by atoms with Crippen molar-refractivity contribution in [2.24, 2.45) is 5.10 Å². The standard InChI is InChI=1S/C18H21N3O2/c1-14(2)20(13-16-7-5-4-6-8-16)19-15(3)17-9-11-18(12-10-17)21(22)23/h4-12,14H,13H2,1-3H3/b19-15+. The summed E-state index contributed by atoms with van der Waals surface area (Å²) in [5, 5.41) is 17.4. The predicted octanol–water partition coefficient (Wildman–Crippen LogP) is 4.23. The van der Waals surface area contributed by atoms with Gasteiger partial charge in [0.2, 0.25) is 0 Å². The Morgan fingerprint density at radius 2 is 1.74 bits per heavy atom. The third-order valence-electron chi connectivity index (χ3n) is 3.56. The minimum Gasteiger partial charge on any atom is -0.290 e. The highest BCUT2D eigenvalue weighted by Gasteiger charge is 2.10. The van der Waals surface area contributed by atoms with Crippen molar-refractivity contribution in [3.05, 3.63) is 75.8 Å². The quantitative estimate of drug-likeness (QED) is 0.456. The highest BCUT2D eigenvalue weighted by atomic mass is 16.6. The van der Waals surface area contributed by atoms with E-state index in [-0.39, 0.29) is 11.7 Å². The van der Waals surface area contributed by atoms with Crippen LogP contribution in [0.3, 0.4) is 0 Å². The van der Waals surface area contributed by atoms with Gasteiger partial charge in [-0.3, -0.25) is 15.1 Å². The lowest BCUT2D eigenvalue weighted by Crippen LogP contribution is -2.26. The number of benzene rings is 2. The van der Waals surface area contributed by atoms with Crippen LogP contribution in [0.15, 0.2) is 59.7 Å². The molecule has 2 aromatic carbocycles. The molecule has 0 radical (unpaired) electrons. The molecule has 0 saturated carbocycles. The Kier molecular flexibility index (Phi) is 5.46. The lowest BCUT2D eigenvalue weighted by atomic mass is 10.1. The summed E-state index contributed by atoms with van der Waals surface area (Å²) in [5.41, 5.74) is 3.01. The fourth-order valence-corrected chi connectivity index (χ4v) is 2.18. The molecule has 0 spiro atoms. The summed E-state index contributed by atoms with van der Waals surface area (Å²) in [4.78, 5) is 10.3. The molecule has 0 unspecified atom stereocenters. The molecule has 2 rings (SSSR count). The van der Waals surface area contributed by atoms with Crippen molar-refractivity contribution in [1.82, 2.24) is 5.01 Å². The maximum absolute atomic E-state index is 10.7. The molecule has 0 aliphatic rings. The Hall–Kier alpha value is -2.69. The van der Waals surface area contributed by atoms with E-state index in [1.165, 1.54) is 17.7 Å². The van der Waals surface area contributed by atoms with Gasteiger partial charge in [0.05, 0.1) is 17.2 Å². The van der Waals surface area contributed by atoms with E-state index in [1.54, 1.807) is 12.1 Å². The van der Waals surface area contributed by atoms with Gasteiger partial charge in [-0.1, -0.05) is 30.3 Å². The largest absolute Gasteiger partial charge is 0.290 e. The van der Waals surface area contributed by atoms with Crippen LogP contribution in [0.5, 0.6) is 0 Å². The molecular weight excluding hydrogens is 290 g/mol. The Morgan fingerprint density at radius 1 is 1.13 bits per heavy atom. The van der Waals surface area contributed by atoms with Crippen LogP contribution < -0.4 is 0 Å². The maximum atomic E-state index is 10.7. The molecule has 0 aromatic heterocycles. The summed E-state index contributed by atoms with van der Waals surface area (Å²) in [7, 11) is 0. The van der Waals surface area contributed by atoms with E-state index in [0.29, 0.717) is 0 Å². The van der Waals surface area contributed by atoms with Gasteiger partial charge in [-0.2, -0.15) is 5.10 Å². The minimum atomic E-state index is -0.397. The highest BCUT2D eigenvalue weighted by Crippen LogP contribution is 2.14. The second-order valence-electron chi connectivity index (χ2n) is 5.67. The maximum Gasteiger partial charge on any atom is 0.269 e. The monoisotopic (exact) mass is 311 g/mol. The van der Waals surface area contributed by atoms with Crippen molar-refractivity contribution in [2.75, 3.05) is 0 Å². The van der Waals surface area contributed by atoms with Crippen LogP contribution in [0, 0.1) is 10.1 Å². The zero-order valence-electron chi connectivity index (χ0n) is 13.6. The number of nitro benzene ring substituents is 1. The van der Waals surface area contributed by atoms with Gasteiger partial charge in [-0.25, -0.2) is 0 Å². The first kappa shape index (κ1) is 16.7. The number of nitro groups is 1. The minimum absolute atomic E-state index is 0.0894. The number of hydrogen-bond acceptors (Lipinski definition) is 4. The first-order valence-corrected chi connectivity index (χ1v) is 7.58. The first-order valence-electron chi connectivity index (χ1n) is 7.58. The molecule has 23 heavy (non-hydrogen) atoms. The summed E-state index contributed by atoms with van der Waals surface area (Å²) in [6.07, 6.45) is 0. The summed E-state index contributed by atoms with van der Waals surface area (Å²) in [6, 6.07) is 16.9. The van der Waals surface area contributed by atoms with Crippen LogP contribution in [-0.4, -0.2) is 21.7 Å². The van der Waals surface area contributed by atoms with E-state index < -0.39 is 4.92 Å². The summed E-state index contributed by atoms with van der Waals surface area (Å²) >= 11 is 0. The molecule has 0 heterocycles. The molecule has 120 valence electrons. The van der Waals surface area contributed by atoms with Gasteiger partial charge in [-0.05, 0) is 44.0 Å². The molecule has 2 aromatic rings. The zero-order valence-corrected chi connectivity index (χ0v) is 13.6. The molecule has 5 nitrogen and oxygen atoms in total.